The Morgan fingerprint density at radius 2 is 1.68 bits per heavy atom. The van der Waals surface area contributed by atoms with Crippen LogP contribution in [0.1, 0.15) is 29.5 Å². The van der Waals surface area contributed by atoms with E-state index in [1.807, 2.05) is 0 Å². The monoisotopic (exact) mass is 293 g/mol. The van der Waals surface area contributed by atoms with Crippen LogP contribution in [0.15, 0.2) is 54.6 Å². The van der Waals surface area contributed by atoms with Crippen LogP contribution in [0.25, 0.3) is 0 Å². The maximum Gasteiger partial charge on any atom is 0.0962 e. The topological polar surface area (TPSA) is 21.3 Å². The van der Waals surface area contributed by atoms with Gasteiger partial charge in [-0.25, -0.2) is 0 Å². The van der Waals surface area contributed by atoms with Gasteiger partial charge in [0, 0.05) is 0 Å². The van der Waals surface area contributed by atoms with Crippen LogP contribution in [0, 0.1) is 0 Å². The molecule has 2 nitrogen and oxygen atoms in total. The Morgan fingerprint density at radius 3 is 2.50 bits per heavy atom. The van der Waals surface area contributed by atoms with Crippen molar-refractivity contribution in [3.63, 3.8) is 0 Å². The summed E-state index contributed by atoms with van der Waals surface area (Å²) in [6.07, 6.45) is 4.48. The van der Waals surface area contributed by atoms with Crippen molar-refractivity contribution in [2.75, 3.05) is 13.1 Å². The van der Waals surface area contributed by atoms with Crippen molar-refractivity contribution in [3.8, 4) is 0 Å². The number of piperidine rings is 1. The molecule has 0 bridgehead atoms. The second-order valence-corrected chi connectivity index (χ2v) is 6.54. The van der Waals surface area contributed by atoms with Gasteiger partial charge in [0.05, 0.1) is 11.7 Å². The third-order valence-corrected chi connectivity index (χ3v) is 5.07. The highest BCUT2D eigenvalue weighted by atomic mass is 16.5. The van der Waals surface area contributed by atoms with Crippen molar-refractivity contribution in [1.29, 1.82) is 0 Å². The number of rotatable bonds is 2. The molecule has 2 aliphatic rings. The molecule has 1 N–H and O–H groups in total. The van der Waals surface area contributed by atoms with Gasteiger partial charge in [-0.2, -0.15) is 0 Å². The molecule has 2 aliphatic heterocycles. The molecule has 0 aliphatic carbocycles. The van der Waals surface area contributed by atoms with E-state index >= 15 is 0 Å². The summed E-state index contributed by atoms with van der Waals surface area (Å²) in [6.45, 7) is 2.10. The molecule has 0 amide bonds. The van der Waals surface area contributed by atoms with Crippen LogP contribution in [0.4, 0.5) is 0 Å². The van der Waals surface area contributed by atoms with Gasteiger partial charge in [-0.1, -0.05) is 54.6 Å². The lowest BCUT2D eigenvalue weighted by Crippen LogP contribution is -2.48. The molecule has 0 radical (unpaired) electrons. The fourth-order valence-electron chi connectivity index (χ4n) is 4.02. The van der Waals surface area contributed by atoms with Gasteiger partial charge in [-0.15, -0.1) is 0 Å². The van der Waals surface area contributed by atoms with E-state index in [-0.39, 0.29) is 11.7 Å². The summed E-state index contributed by atoms with van der Waals surface area (Å²) >= 11 is 0. The average Bonchev–Trinajstić information content (AvgIpc) is 2.57. The van der Waals surface area contributed by atoms with Crippen molar-refractivity contribution in [3.05, 3.63) is 71.3 Å². The first-order valence-corrected chi connectivity index (χ1v) is 8.37. The first-order chi connectivity index (χ1) is 10.9. The molecule has 1 atom stereocenters. The second-order valence-electron chi connectivity index (χ2n) is 6.54. The summed E-state index contributed by atoms with van der Waals surface area (Å²) < 4.78 is 6.71. The predicted octanol–water partition coefficient (Wildman–Crippen LogP) is 3.45. The van der Waals surface area contributed by atoms with Gasteiger partial charge >= 0.3 is 0 Å². The van der Waals surface area contributed by atoms with Gasteiger partial charge < -0.3 is 10.1 Å². The average molecular weight is 293 g/mol. The number of nitrogens with one attached hydrogen (secondary N) is 1. The van der Waals surface area contributed by atoms with Gasteiger partial charge in [0.2, 0.25) is 0 Å². The fourth-order valence-corrected chi connectivity index (χ4v) is 4.02. The Bertz CT molecular complexity index is 631. The molecule has 2 aromatic rings. The van der Waals surface area contributed by atoms with Crippen LogP contribution >= 0.6 is 0 Å². The minimum Gasteiger partial charge on any atom is -0.366 e. The zero-order valence-corrected chi connectivity index (χ0v) is 12.9. The van der Waals surface area contributed by atoms with Crippen LogP contribution in [-0.2, 0) is 23.2 Å². The number of fused-ring (bicyclic) bond motifs is 2. The summed E-state index contributed by atoms with van der Waals surface area (Å²) in [5.41, 5.74) is 4.22. The molecule has 1 saturated heterocycles. The molecule has 4 rings (SSSR count). The number of benzene rings is 2. The molecule has 0 unspecified atom stereocenters. The second kappa shape index (κ2) is 5.86. The summed E-state index contributed by atoms with van der Waals surface area (Å²) in [7, 11) is 0. The first-order valence-electron chi connectivity index (χ1n) is 8.37. The van der Waals surface area contributed by atoms with E-state index in [2.05, 4.69) is 59.9 Å². The van der Waals surface area contributed by atoms with E-state index in [0.717, 1.165) is 38.8 Å². The predicted molar refractivity (Wildman–Crippen MR) is 88.9 cm³/mol. The Balaban J connectivity index is 1.64. The quantitative estimate of drug-likeness (QED) is 0.915. The normalized spacial score (nSPS) is 23.2. The fraction of sp³-hybridized carbons (Fsp3) is 0.400. The Kier molecular flexibility index (Phi) is 3.73. The third-order valence-electron chi connectivity index (χ3n) is 5.07. The zero-order chi connectivity index (χ0) is 14.8. The number of hydrogen-bond donors (Lipinski definition) is 1. The van der Waals surface area contributed by atoms with Crippen LogP contribution < -0.4 is 5.32 Å². The molecule has 2 heteroatoms. The maximum atomic E-state index is 6.71. The molecule has 2 heterocycles. The van der Waals surface area contributed by atoms with Crippen molar-refractivity contribution >= 4 is 0 Å². The van der Waals surface area contributed by atoms with Gasteiger partial charge in [-0.3, -0.25) is 0 Å². The minimum atomic E-state index is -0.0699. The van der Waals surface area contributed by atoms with Crippen LogP contribution in [0.3, 0.4) is 0 Å². The molecule has 1 fully saturated rings. The molecule has 1 spiro atoms. The molecular formula is C20H23NO. The first kappa shape index (κ1) is 14.0. The van der Waals surface area contributed by atoms with E-state index in [9.17, 15) is 0 Å². The van der Waals surface area contributed by atoms with E-state index < -0.39 is 0 Å². The minimum absolute atomic E-state index is 0.0699. The summed E-state index contributed by atoms with van der Waals surface area (Å²) in [4.78, 5) is 0. The highest BCUT2D eigenvalue weighted by molar-refractivity contribution is 5.36. The SMILES string of the molecule is c1ccc(C[C@@H]2Cc3ccccc3C3(CCNCC3)O2)cc1. The van der Waals surface area contributed by atoms with E-state index in [4.69, 9.17) is 4.74 Å². The van der Waals surface area contributed by atoms with Gasteiger partial charge in [0.1, 0.15) is 0 Å². The lowest BCUT2D eigenvalue weighted by Gasteiger charge is -2.45. The van der Waals surface area contributed by atoms with Crippen LogP contribution in [-0.4, -0.2) is 19.2 Å². The molecule has 2 aromatic carbocycles. The Hall–Kier alpha value is -1.64. The van der Waals surface area contributed by atoms with Gasteiger partial charge in [0.15, 0.2) is 0 Å². The van der Waals surface area contributed by atoms with Crippen molar-refractivity contribution in [2.45, 2.75) is 37.4 Å². The number of hydrogen-bond acceptors (Lipinski definition) is 2. The van der Waals surface area contributed by atoms with Crippen molar-refractivity contribution in [2.24, 2.45) is 0 Å². The van der Waals surface area contributed by atoms with E-state index in [0.29, 0.717) is 0 Å². The molecule has 114 valence electrons. The third kappa shape index (κ3) is 2.57. The molecular weight excluding hydrogens is 270 g/mol. The van der Waals surface area contributed by atoms with Crippen LogP contribution in [0.2, 0.25) is 0 Å². The molecule has 0 saturated carbocycles. The van der Waals surface area contributed by atoms with E-state index in [1.165, 1.54) is 16.7 Å². The number of ether oxygens (including phenoxy) is 1. The van der Waals surface area contributed by atoms with Crippen molar-refractivity contribution < 1.29 is 4.74 Å². The van der Waals surface area contributed by atoms with E-state index in [1.54, 1.807) is 0 Å². The smallest absolute Gasteiger partial charge is 0.0962 e. The Morgan fingerprint density at radius 1 is 0.955 bits per heavy atom. The summed E-state index contributed by atoms with van der Waals surface area (Å²) in [5.74, 6) is 0. The maximum absolute atomic E-state index is 6.71. The zero-order valence-electron chi connectivity index (χ0n) is 12.9. The van der Waals surface area contributed by atoms with Gasteiger partial charge in [-0.05, 0) is 55.5 Å². The van der Waals surface area contributed by atoms with Gasteiger partial charge in [0.25, 0.3) is 0 Å². The highest BCUT2D eigenvalue weighted by Gasteiger charge is 2.41. The molecule has 0 aromatic heterocycles. The lowest BCUT2D eigenvalue weighted by atomic mass is 9.78. The lowest BCUT2D eigenvalue weighted by molar-refractivity contribution is -0.126. The highest BCUT2D eigenvalue weighted by Crippen LogP contribution is 2.42. The summed E-state index contributed by atoms with van der Waals surface area (Å²) in [6, 6.07) is 19.6. The van der Waals surface area contributed by atoms with Crippen LogP contribution in [0.5, 0.6) is 0 Å². The Labute approximate surface area is 132 Å². The molecule has 22 heavy (non-hydrogen) atoms. The summed E-state index contributed by atoms with van der Waals surface area (Å²) in [5, 5.41) is 3.47. The largest absolute Gasteiger partial charge is 0.366 e. The van der Waals surface area contributed by atoms with Crippen molar-refractivity contribution in [1.82, 2.24) is 5.32 Å². The standard InChI is InChI=1S/C20H23NO/c1-2-6-16(7-3-1)14-18-15-17-8-4-5-9-19(17)20(22-18)10-12-21-13-11-20/h1-9,18,21H,10-15H2/t18-/m1/s1.